The maximum absolute atomic E-state index is 14.2. The number of fused-ring (bicyclic) bond motifs is 1. The minimum absolute atomic E-state index is 0.0949. The third-order valence-corrected chi connectivity index (χ3v) is 3.62. The minimum atomic E-state index is -0.675. The van der Waals surface area contributed by atoms with Gasteiger partial charge in [0.05, 0.1) is 11.6 Å². The van der Waals surface area contributed by atoms with E-state index in [-0.39, 0.29) is 30.9 Å². The van der Waals surface area contributed by atoms with Gasteiger partial charge in [-0.05, 0) is 23.3 Å². The Hall–Kier alpha value is -2.18. The number of nitrogens with zero attached hydrogens (tertiary/aromatic N) is 1. The number of H-pyrrole nitrogens is 1. The molecule has 0 spiro atoms. The lowest BCUT2D eigenvalue weighted by molar-refractivity contribution is 0.196. The van der Waals surface area contributed by atoms with E-state index < -0.39 is 11.6 Å². The van der Waals surface area contributed by atoms with Gasteiger partial charge in [0.15, 0.2) is 11.6 Å². The highest BCUT2D eigenvalue weighted by Gasteiger charge is 2.14. The van der Waals surface area contributed by atoms with Crippen molar-refractivity contribution in [3.8, 4) is 5.75 Å². The SMILES string of the molecule is OCCOc1cc(F)c(Cc2c[nH]c3ncc(Cl)cc23)cc1F. The highest BCUT2D eigenvalue weighted by molar-refractivity contribution is 6.31. The van der Waals surface area contributed by atoms with Crippen LogP contribution in [-0.4, -0.2) is 28.3 Å². The molecular formula is C16H13ClF2N2O2. The van der Waals surface area contributed by atoms with Crippen molar-refractivity contribution >= 4 is 22.6 Å². The van der Waals surface area contributed by atoms with Crippen LogP contribution in [-0.2, 0) is 6.42 Å². The summed E-state index contributed by atoms with van der Waals surface area (Å²) in [6.07, 6.45) is 3.39. The zero-order chi connectivity index (χ0) is 16.4. The van der Waals surface area contributed by atoms with E-state index in [0.29, 0.717) is 10.7 Å². The lowest BCUT2D eigenvalue weighted by Gasteiger charge is -2.09. The van der Waals surface area contributed by atoms with Crippen molar-refractivity contribution in [2.45, 2.75) is 6.42 Å². The quantitative estimate of drug-likeness (QED) is 0.749. The molecule has 2 N–H and O–H groups in total. The first-order valence-corrected chi connectivity index (χ1v) is 7.29. The summed E-state index contributed by atoms with van der Waals surface area (Å²) in [5.74, 6) is -1.47. The lowest BCUT2D eigenvalue weighted by Crippen LogP contribution is -2.04. The maximum Gasteiger partial charge on any atom is 0.165 e. The van der Waals surface area contributed by atoms with Gasteiger partial charge in [-0.3, -0.25) is 0 Å². The summed E-state index contributed by atoms with van der Waals surface area (Å²) in [5.41, 5.74) is 1.59. The fraction of sp³-hybridized carbons (Fsp3) is 0.188. The molecule has 0 aliphatic rings. The number of nitrogens with one attached hydrogen (secondary N) is 1. The second-order valence-electron chi connectivity index (χ2n) is 4.99. The second kappa shape index (κ2) is 6.52. The second-order valence-corrected chi connectivity index (χ2v) is 5.42. The van der Waals surface area contributed by atoms with Crippen molar-refractivity contribution in [3.63, 3.8) is 0 Å². The molecule has 7 heteroatoms. The summed E-state index contributed by atoms with van der Waals surface area (Å²) in [5, 5.41) is 9.91. The van der Waals surface area contributed by atoms with Gasteiger partial charge in [-0.15, -0.1) is 0 Å². The molecule has 0 amide bonds. The molecule has 2 aromatic heterocycles. The van der Waals surface area contributed by atoms with Crippen molar-refractivity contribution in [1.29, 1.82) is 0 Å². The van der Waals surface area contributed by atoms with Crippen LogP contribution in [0.1, 0.15) is 11.1 Å². The highest BCUT2D eigenvalue weighted by atomic mass is 35.5. The maximum atomic E-state index is 14.2. The minimum Gasteiger partial charge on any atom is -0.488 e. The van der Waals surface area contributed by atoms with Crippen molar-refractivity contribution in [2.75, 3.05) is 13.2 Å². The molecule has 3 aromatic rings. The Kier molecular flexibility index (Phi) is 4.45. The van der Waals surface area contributed by atoms with Gasteiger partial charge in [-0.1, -0.05) is 11.6 Å². The Morgan fingerprint density at radius 3 is 2.78 bits per heavy atom. The first kappa shape index (κ1) is 15.7. The predicted molar refractivity (Wildman–Crippen MR) is 82.8 cm³/mol. The number of hydrogen-bond acceptors (Lipinski definition) is 3. The summed E-state index contributed by atoms with van der Waals surface area (Å²) < 4.78 is 33.1. The number of halogens is 3. The van der Waals surface area contributed by atoms with E-state index in [0.717, 1.165) is 23.1 Å². The molecule has 3 rings (SSSR count). The molecule has 0 fully saturated rings. The van der Waals surface area contributed by atoms with Crippen LogP contribution in [0.25, 0.3) is 11.0 Å². The molecule has 0 aliphatic heterocycles. The Labute approximate surface area is 135 Å². The average Bonchev–Trinajstić information content (AvgIpc) is 2.91. The highest BCUT2D eigenvalue weighted by Crippen LogP contribution is 2.27. The van der Waals surface area contributed by atoms with E-state index >= 15 is 0 Å². The molecule has 0 radical (unpaired) electrons. The summed E-state index contributed by atoms with van der Waals surface area (Å²) >= 11 is 5.93. The fourth-order valence-corrected chi connectivity index (χ4v) is 2.51. The smallest absolute Gasteiger partial charge is 0.165 e. The van der Waals surface area contributed by atoms with E-state index in [1.165, 1.54) is 6.20 Å². The number of aliphatic hydroxyl groups is 1. The summed E-state index contributed by atoms with van der Waals surface area (Å²) in [7, 11) is 0. The number of ether oxygens (including phenoxy) is 1. The van der Waals surface area contributed by atoms with Gasteiger partial charge in [-0.2, -0.15) is 0 Å². The molecule has 0 bridgehead atoms. The number of benzene rings is 1. The molecule has 4 nitrogen and oxygen atoms in total. The van der Waals surface area contributed by atoms with Crippen LogP contribution < -0.4 is 4.74 Å². The number of pyridine rings is 1. The molecule has 0 saturated heterocycles. The standard InChI is InChI=1S/C16H13ClF2N2O2/c17-11-5-12-10(7-20-16(12)21-8-11)3-9-4-14(19)15(6-13(9)18)23-2-1-22/h4-8,22H,1-3H2,(H,20,21). The van der Waals surface area contributed by atoms with Crippen LogP contribution in [0.5, 0.6) is 5.75 Å². The largest absolute Gasteiger partial charge is 0.488 e. The summed E-state index contributed by atoms with van der Waals surface area (Å²) in [4.78, 5) is 7.10. The van der Waals surface area contributed by atoms with Crippen molar-refractivity contribution < 1.29 is 18.6 Å². The third kappa shape index (κ3) is 3.28. The first-order chi connectivity index (χ1) is 11.1. The predicted octanol–water partition coefficient (Wildman–Crippen LogP) is 3.46. The van der Waals surface area contributed by atoms with Gasteiger partial charge < -0.3 is 14.8 Å². The van der Waals surface area contributed by atoms with Gasteiger partial charge in [-0.25, -0.2) is 13.8 Å². The van der Waals surface area contributed by atoms with Crippen LogP contribution in [0, 0.1) is 11.6 Å². The number of aromatic nitrogens is 2. The zero-order valence-electron chi connectivity index (χ0n) is 11.9. The lowest BCUT2D eigenvalue weighted by atomic mass is 10.0. The molecule has 0 atom stereocenters. The zero-order valence-corrected chi connectivity index (χ0v) is 12.7. The first-order valence-electron chi connectivity index (χ1n) is 6.91. The molecule has 23 heavy (non-hydrogen) atoms. The summed E-state index contributed by atoms with van der Waals surface area (Å²) in [6, 6.07) is 3.81. The molecule has 2 heterocycles. The molecule has 0 unspecified atom stereocenters. The van der Waals surface area contributed by atoms with Gasteiger partial charge >= 0.3 is 0 Å². The topological polar surface area (TPSA) is 58.1 Å². The van der Waals surface area contributed by atoms with Gasteiger partial charge in [0.1, 0.15) is 18.1 Å². The van der Waals surface area contributed by atoms with Crippen molar-refractivity contribution in [2.24, 2.45) is 0 Å². The van der Waals surface area contributed by atoms with Crippen LogP contribution in [0.15, 0.2) is 30.6 Å². The van der Waals surface area contributed by atoms with Gasteiger partial charge in [0, 0.05) is 30.3 Å². The van der Waals surface area contributed by atoms with E-state index in [1.807, 2.05) is 0 Å². The van der Waals surface area contributed by atoms with Crippen molar-refractivity contribution in [3.05, 3.63) is 58.4 Å². The Morgan fingerprint density at radius 1 is 1.17 bits per heavy atom. The van der Waals surface area contributed by atoms with E-state index in [4.69, 9.17) is 21.4 Å². The normalized spacial score (nSPS) is 11.1. The van der Waals surface area contributed by atoms with Crippen LogP contribution in [0.2, 0.25) is 5.02 Å². The number of aliphatic hydroxyl groups excluding tert-OH is 1. The monoisotopic (exact) mass is 338 g/mol. The molecule has 0 aliphatic carbocycles. The van der Waals surface area contributed by atoms with E-state index in [9.17, 15) is 8.78 Å². The molecule has 0 saturated carbocycles. The van der Waals surface area contributed by atoms with Crippen LogP contribution >= 0.6 is 11.6 Å². The van der Waals surface area contributed by atoms with Gasteiger partial charge in [0.25, 0.3) is 0 Å². The number of aromatic amines is 1. The Bertz CT molecular complexity index is 851. The van der Waals surface area contributed by atoms with Crippen LogP contribution in [0.4, 0.5) is 8.78 Å². The van der Waals surface area contributed by atoms with Crippen molar-refractivity contribution in [1.82, 2.24) is 9.97 Å². The Morgan fingerprint density at radius 2 is 2.00 bits per heavy atom. The number of hydrogen-bond donors (Lipinski definition) is 2. The van der Waals surface area contributed by atoms with Crippen LogP contribution in [0.3, 0.4) is 0 Å². The third-order valence-electron chi connectivity index (χ3n) is 3.41. The fourth-order valence-electron chi connectivity index (χ4n) is 2.36. The average molecular weight is 339 g/mol. The molecule has 1 aromatic carbocycles. The Balaban J connectivity index is 1.92. The van der Waals surface area contributed by atoms with Gasteiger partial charge in [0.2, 0.25) is 0 Å². The summed E-state index contributed by atoms with van der Waals surface area (Å²) in [6.45, 7) is -0.367. The molecule has 120 valence electrons. The molecular weight excluding hydrogens is 326 g/mol. The van der Waals surface area contributed by atoms with E-state index in [2.05, 4.69) is 9.97 Å². The number of rotatable bonds is 5. The van der Waals surface area contributed by atoms with E-state index in [1.54, 1.807) is 12.3 Å².